The number of amides is 1. The molecule has 9 nitrogen and oxygen atoms in total. The molecular formula is C27H22ClN5O4. The summed E-state index contributed by atoms with van der Waals surface area (Å²) >= 11 is 6.21. The summed E-state index contributed by atoms with van der Waals surface area (Å²) in [6, 6.07) is 19.6. The van der Waals surface area contributed by atoms with Crippen molar-refractivity contribution in [2.75, 3.05) is 24.5 Å². The number of para-hydroxylation sites is 2. The predicted molar refractivity (Wildman–Crippen MR) is 139 cm³/mol. The summed E-state index contributed by atoms with van der Waals surface area (Å²) in [5.74, 6) is 2.50. The van der Waals surface area contributed by atoms with Gasteiger partial charge in [-0.2, -0.15) is 4.98 Å². The number of carbonyl (C=O) groups is 1. The largest absolute Gasteiger partial charge is 0.495 e. The summed E-state index contributed by atoms with van der Waals surface area (Å²) in [6.45, 7) is 1.99. The van der Waals surface area contributed by atoms with Crippen molar-refractivity contribution in [3.8, 4) is 28.6 Å². The normalized spacial score (nSPS) is 15.7. The number of halogens is 1. The van der Waals surface area contributed by atoms with Crippen molar-refractivity contribution in [3.05, 3.63) is 88.6 Å². The van der Waals surface area contributed by atoms with Gasteiger partial charge >= 0.3 is 0 Å². The molecule has 4 aromatic rings. The predicted octanol–water partition coefficient (Wildman–Crippen LogP) is 5.26. The first-order chi connectivity index (χ1) is 18.0. The molecule has 1 atom stereocenters. The SMILES string of the molecule is COc1ccccc1NC(=O)C1=C(C)Nc2nc(-c3cccc(Cl)c3)nn2C1c1ccc2c(c1)OCO2. The lowest BCUT2D eigenvalue weighted by Crippen LogP contribution is -2.31. The maximum absolute atomic E-state index is 13.8. The Morgan fingerprint density at radius 1 is 1.11 bits per heavy atom. The van der Waals surface area contributed by atoms with Crippen molar-refractivity contribution in [2.45, 2.75) is 13.0 Å². The number of rotatable bonds is 5. The fourth-order valence-corrected chi connectivity index (χ4v) is 4.71. The number of aromatic nitrogens is 3. The molecule has 0 spiro atoms. The highest BCUT2D eigenvalue weighted by atomic mass is 35.5. The smallest absolute Gasteiger partial charge is 0.255 e. The van der Waals surface area contributed by atoms with Crippen molar-refractivity contribution in [1.82, 2.24) is 14.8 Å². The molecule has 0 saturated carbocycles. The second-order valence-corrected chi connectivity index (χ2v) is 8.98. The molecule has 3 heterocycles. The van der Waals surface area contributed by atoms with Crippen LogP contribution in [0.15, 0.2) is 78.0 Å². The van der Waals surface area contributed by atoms with Crippen LogP contribution >= 0.6 is 11.6 Å². The van der Waals surface area contributed by atoms with Crippen LogP contribution in [0.2, 0.25) is 5.02 Å². The van der Waals surface area contributed by atoms with Crippen molar-refractivity contribution >= 4 is 29.1 Å². The van der Waals surface area contributed by atoms with Crippen LogP contribution in [-0.2, 0) is 4.79 Å². The summed E-state index contributed by atoms with van der Waals surface area (Å²) in [7, 11) is 1.56. The van der Waals surface area contributed by atoms with Gasteiger partial charge in [-0.3, -0.25) is 4.79 Å². The van der Waals surface area contributed by atoms with Crippen LogP contribution in [0.5, 0.6) is 17.2 Å². The number of hydrogen-bond donors (Lipinski definition) is 2. The summed E-state index contributed by atoms with van der Waals surface area (Å²) in [5.41, 5.74) is 3.23. The van der Waals surface area contributed by atoms with E-state index in [4.69, 9.17) is 35.9 Å². The van der Waals surface area contributed by atoms with E-state index in [1.807, 2.05) is 49.4 Å². The van der Waals surface area contributed by atoms with E-state index in [1.165, 1.54) is 0 Å². The lowest BCUT2D eigenvalue weighted by atomic mass is 9.94. The molecule has 3 aromatic carbocycles. The zero-order chi connectivity index (χ0) is 25.5. The van der Waals surface area contributed by atoms with Crippen LogP contribution in [0.25, 0.3) is 11.4 Å². The van der Waals surface area contributed by atoms with Gasteiger partial charge in [0, 0.05) is 16.3 Å². The first kappa shape index (κ1) is 22.9. The number of nitrogens with one attached hydrogen (secondary N) is 2. The summed E-state index contributed by atoms with van der Waals surface area (Å²) < 4.78 is 18.3. The Labute approximate surface area is 217 Å². The third kappa shape index (κ3) is 4.13. The maximum atomic E-state index is 13.8. The van der Waals surface area contributed by atoms with Gasteiger partial charge in [-0.15, -0.1) is 5.10 Å². The van der Waals surface area contributed by atoms with Crippen LogP contribution in [0.1, 0.15) is 18.5 Å². The first-order valence-corrected chi connectivity index (χ1v) is 11.9. The summed E-state index contributed by atoms with van der Waals surface area (Å²) in [5, 5.41) is 11.6. The molecule has 1 aromatic heterocycles. The highest BCUT2D eigenvalue weighted by Gasteiger charge is 2.35. The van der Waals surface area contributed by atoms with Crippen LogP contribution in [0, 0.1) is 0 Å². The van der Waals surface area contributed by atoms with E-state index < -0.39 is 6.04 Å². The van der Waals surface area contributed by atoms with E-state index in [2.05, 4.69) is 10.6 Å². The number of anilines is 2. The molecule has 37 heavy (non-hydrogen) atoms. The molecule has 2 N–H and O–H groups in total. The molecule has 6 rings (SSSR count). The fraction of sp³-hybridized carbons (Fsp3) is 0.148. The minimum atomic E-state index is -0.596. The minimum absolute atomic E-state index is 0.147. The van der Waals surface area contributed by atoms with Gasteiger partial charge in [0.15, 0.2) is 17.3 Å². The fourth-order valence-electron chi connectivity index (χ4n) is 4.52. The third-order valence-electron chi connectivity index (χ3n) is 6.25. The Bertz CT molecular complexity index is 1560. The Morgan fingerprint density at radius 2 is 1.95 bits per heavy atom. The van der Waals surface area contributed by atoms with Crippen LogP contribution in [0.3, 0.4) is 0 Å². The Morgan fingerprint density at radius 3 is 2.78 bits per heavy atom. The lowest BCUT2D eigenvalue weighted by molar-refractivity contribution is -0.113. The van der Waals surface area contributed by atoms with Gasteiger partial charge in [-0.25, -0.2) is 4.68 Å². The molecule has 0 saturated heterocycles. The van der Waals surface area contributed by atoms with E-state index in [0.29, 0.717) is 51.0 Å². The van der Waals surface area contributed by atoms with Gasteiger partial charge in [-0.1, -0.05) is 41.9 Å². The number of nitrogens with zero attached hydrogens (tertiary/aromatic N) is 3. The number of hydrogen-bond acceptors (Lipinski definition) is 7. The quantitative estimate of drug-likeness (QED) is 0.374. The second-order valence-electron chi connectivity index (χ2n) is 8.55. The first-order valence-electron chi connectivity index (χ1n) is 11.6. The van der Waals surface area contributed by atoms with Crippen LogP contribution < -0.4 is 24.8 Å². The van der Waals surface area contributed by atoms with Gasteiger partial charge in [-0.05, 0) is 48.9 Å². The zero-order valence-corrected chi connectivity index (χ0v) is 20.7. The molecule has 1 amide bonds. The highest BCUT2D eigenvalue weighted by molar-refractivity contribution is 6.30. The van der Waals surface area contributed by atoms with Crippen LogP contribution in [0.4, 0.5) is 11.6 Å². The number of fused-ring (bicyclic) bond motifs is 2. The molecule has 10 heteroatoms. The molecule has 2 aliphatic heterocycles. The molecule has 0 fully saturated rings. The van der Waals surface area contributed by atoms with Gasteiger partial charge in [0.1, 0.15) is 11.8 Å². The van der Waals surface area contributed by atoms with E-state index >= 15 is 0 Å². The number of carbonyl (C=O) groups excluding carboxylic acids is 1. The van der Waals surface area contributed by atoms with Crippen LogP contribution in [-0.4, -0.2) is 34.6 Å². The molecular weight excluding hydrogens is 494 g/mol. The van der Waals surface area contributed by atoms with E-state index in [1.54, 1.807) is 36.1 Å². The lowest BCUT2D eigenvalue weighted by Gasteiger charge is -2.29. The molecule has 0 radical (unpaired) electrons. The minimum Gasteiger partial charge on any atom is -0.495 e. The second kappa shape index (κ2) is 9.18. The number of benzene rings is 3. The Hall–Kier alpha value is -4.50. The Balaban J connectivity index is 1.46. The monoisotopic (exact) mass is 515 g/mol. The Kier molecular flexibility index (Phi) is 5.69. The summed E-state index contributed by atoms with van der Waals surface area (Å²) in [4.78, 5) is 18.5. The average molecular weight is 516 g/mol. The van der Waals surface area contributed by atoms with E-state index in [0.717, 1.165) is 11.1 Å². The van der Waals surface area contributed by atoms with Crippen molar-refractivity contribution in [2.24, 2.45) is 0 Å². The molecule has 0 aliphatic carbocycles. The number of ether oxygens (including phenoxy) is 3. The highest BCUT2D eigenvalue weighted by Crippen LogP contribution is 2.41. The average Bonchev–Trinajstić information content (AvgIpc) is 3.54. The molecule has 0 bridgehead atoms. The topological polar surface area (TPSA) is 99.5 Å². The van der Waals surface area contributed by atoms with Crippen molar-refractivity contribution in [3.63, 3.8) is 0 Å². The third-order valence-corrected chi connectivity index (χ3v) is 6.48. The van der Waals surface area contributed by atoms with Gasteiger partial charge in [0.2, 0.25) is 12.7 Å². The molecule has 186 valence electrons. The summed E-state index contributed by atoms with van der Waals surface area (Å²) in [6.07, 6.45) is 0. The van der Waals surface area contributed by atoms with Gasteiger partial charge in [0.25, 0.3) is 5.91 Å². The zero-order valence-electron chi connectivity index (χ0n) is 20.0. The van der Waals surface area contributed by atoms with E-state index in [9.17, 15) is 4.79 Å². The van der Waals surface area contributed by atoms with Crippen molar-refractivity contribution < 1.29 is 19.0 Å². The molecule has 2 aliphatic rings. The van der Waals surface area contributed by atoms with Crippen molar-refractivity contribution in [1.29, 1.82) is 0 Å². The molecule has 1 unspecified atom stereocenters. The van der Waals surface area contributed by atoms with Gasteiger partial charge in [0.05, 0.1) is 18.4 Å². The number of methoxy groups -OCH3 is 1. The standard InChI is InChI=1S/C27H22ClN5O4/c1-15-23(26(34)30-19-8-3-4-9-20(19)35-2)24(16-10-11-21-22(13-16)37-14-36-21)33-27(29-15)31-25(32-33)17-6-5-7-18(28)12-17/h3-13,24H,14H2,1-2H3,(H,30,34)(H,29,31,32). The maximum Gasteiger partial charge on any atom is 0.255 e. The number of allylic oxidation sites excluding steroid dienone is 1. The van der Waals surface area contributed by atoms with Gasteiger partial charge < -0.3 is 24.8 Å². The van der Waals surface area contributed by atoms with E-state index in [-0.39, 0.29) is 12.7 Å².